The van der Waals surface area contributed by atoms with Crippen LogP contribution in [-0.2, 0) is 20.7 Å². The third-order valence-electron chi connectivity index (χ3n) is 4.30. The SMILES string of the molecule is CC(C)(C)C1c2ccc(O)cc2CCN1C(=O)C1=COCCO1. The fraction of sp³-hybridized carbons (Fsp3) is 0.500. The first-order chi connectivity index (χ1) is 10.9. The zero-order valence-corrected chi connectivity index (χ0v) is 13.8. The van der Waals surface area contributed by atoms with Crippen molar-refractivity contribution in [3.63, 3.8) is 0 Å². The summed E-state index contributed by atoms with van der Waals surface area (Å²) < 4.78 is 10.7. The number of phenolic OH excluding ortho intramolecular Hbond substituents is 1. The summed E-state index contributed by atoms with van der Waals surface area (Å²) in [5.41, 5.74) is 2.05. The van der Waals surface area contributed by atoms with E-state index in [9.17, 15) is 9.90 Å². The Morgan fingerprint density at radius 3 is 2.74 bits per heavy atom. The molecule has 1 unspecified atom stereocenters. The van der Waals surface area contributed by atoms with Crippen LogP contribution in [0.2, 0.25) is 0 Å². The van der Waals surface area contributed by atoms with Gasteiger partial charge >= 0.3 is 0 Å². The van der Waals surface area contributed by atoms with Crippen molar-refractivity contribution in [1.82, 2.24) is 4.90 Å². The lowest BCUT2D eigenvalue weighted by Crippen LogP contribution is -2.46. The second-order valence-electron chi connectivity index (χ2n) is 7.10. The molecule has 3 rings (SSSR count). The average Bonchev–Trinajstić information content (AvgIpc) is 2.52. The average molecular weight is 317 g/mol. The molecule has 0 aliphatic carbocycles. The van der Waals surface area contributed by atoms with Crippen LogP contribution in [0.5, 0.6) is 5.75 Å². The first-order valence-electron chi connectivity index (χ1n) is 7.95. The van der Waals surface area contributed by atoms with Crippen molar-refractivity contribution < 1.29 is 19.4 Å². The van der Waals surface area contributed by atoms with Gasteiger partial charge in [0.2, 0.25) is 5.76 Å². The maximum atomic E-state index is 12.9. The minimum Gasteiger partial charge on any atom is -0.508 e. The molecular weight excluding hydrogens is 294 g/mol. The van der Waals surface area contributed by atoms with Gasteiger partial charge in [-0.2, -0.15) is 0 Å². The molecule has 0 saturated carbocycles. The number of phenols is 1. The lowest BCUT2D eigenvalue weighted by Gasteiger charge is -2.44. The Morgan fingerprint density at radius 1 is 1.30 bits per heavy atom. The minimum atomic E-state index is -0.141. The van der Waals surface area contributed by atoms with E-state index in [0.29, 0.717) is 19.8 Å². The number of benzene rings is 1. The van der Waals surface area contributed by atoms with Gasteiger partial charge in [0, 0.05) is 6.54 Å². The van der Waals surface area contributed by atoms with Gasteiger partial charge in [-0.3, -0.25) is 4.79 Å². The number of ether oxygens (including phenoxy) is 2. The Hall–Kier alpha value is -2.17. The lowest BCUT2D eigenvalue weighted by molar-refractivity contribution is -0.137. The highest BCUT2D eigenvalue weighted by atomic mass is 16.6. The number of carbonyl (C=O) groups excluding carboxylic acids is 1. The molecular formula is C18H23NO4. The number of fused-ring (bicyclic) bond motifs is 1. The molecule has 0 aromatic heterocycles. The van der Waals surface area contributed by atoms with Gasteiger partial charge in [-0.05, 0) is 35.1 Å². The van der Waals surface area contributed by atoms with Crippen LogP contribution in [0.1, 0.15) is 37.9 Å². The standard InChI is InChI=1S/C18H23NO4/c1-18(2,3)16-14-5-4-13(20)10-12(14)6-7-19(16)17(21)15-11-22-8-9-23-15/h4-5,10-11,16,20H,6-9H2,1-3H3. The van der Waals surface area contributed by atoms with E-state index in [1.54, 1.807) is 12.1 Å². The number of hydrogen-bond acceptors (Lipinski definition) is 4. The summed E-state index contributed by atoms with van der Waals surface area (Å²) in [4.78, 5) is 14.8. The van der Waals surface area contributed by atoms with Crippen LogP contribution in [0.25, 0.3) is 0 Å². The predicted molar refractivity (Wildman–Crippen MR) is 85.7 cm³/mol. The molecule has 124 valence electrons. The van der Waals surface area contributed by atoms with E-state index >= 15 is 0 Å². The summed E-state index contributed by atoms with van der Waals surface area (Å²) in [6, 6.07) is 5.33. The molecule has 0 spiro atoms. The van der Waals surface area contributed by atoms with Crippen LogP contribution in [-0.4, -0.2) is 35.7 Å². The molecule has 1 amide bonds. The van der Waals surface area contributed by atoms with Crippen LogP contribution in [0.15, 0.2) is 30.2 Å². The highest BCUT2D eigenvalue weighted by Gasteiger charge is 2.40. The van der Waals surface area contributed by atoms with Crippen molar-refractivity contribution in [2.45, 2.75) is 33.2 Å². The Bertz CT molecular complexity index is 645. The maximum Gasteiger partial charge on any atom is 0.292 e. The molecule has 2 aliphatic heterocycles. The fourth-order valence-corrected chi connectivity index (χ4v) is 3.39. The maximum absolute atomic E-state index is 12.9. The number of carbonyl (C=O) groups is 1. The number of aromatic hydroxyl groups is 1. The highest BCUT2D eigenvalue weighted by Crippen LogP contribution is 2.43. The smallest absolute Gasteiger partial charge is 0.292 e. The van der Waals surface area contributed by atoms with E-state index in [-0.39, 0.29) is 28.9 Å². The molecule has 1 N–H and O–H groups in total. The second-order valence-corrected chi connectivity index (χ2v) is 7.10. The lowest BCUT2D eigenvalue weighted by atomic mass is 9.77. The molecule has 23 heavy (non-hydrogen) atoms. The quantitative estimate of drug-likeness (QED) is 0.865. The molecule has 1 aromatic rings. The van der Waals surface area contributed by atoms with Gasteiger partial charge in [0.1, 0.15) is 25.2 Å². The van der Waals surface area contributed by atoms with Crippen molar-refractivity contribution in [3.05, 3.63) is 41.3 Å². The molecule has 0 saturated heterocycles. The van der Waals surface area contributed by atoms with E-state index in [0.717, 1.165) is 17.5 Å². The van der Waals surface area contributed by atoms with Gasteiger partial charge in [0.25, 0.3) is 5.91 Å². The molecule has 0 fully saturated rings. The molecule has 0 bridgehead atoms. The van der Waals surface area contributed by atoms with E-state index in [1.807, 2.05) is 11.0 Å². The molecule has 0 radical (unpaired) electrons. The topological polar surface area (TPSA) is 59.0 Å². The predicted octanol–water partition coefficient (Wildman–Crippen LogP) is 2.75. The number of nitrogens with zero attached hydrogens (tertiary/aromatic N) is 1. The number of amides is 1. The van der Waals surface area contributed by atoms with Gasteiger partial charge in [0.15, 0.2) is 0 Å². The normalized spacial score (nSPS) is 20.9. The largest absolute Gasteiger partial charge is 0.508 e. The monoisotopic (exact) mass is 317 g/mol. The summed E-state index contributed by atoms with van der Waals surface area (Å²) in [5.74, 6) is 0.402. The Kier molecular flexibility index (Phi) is 3.96. The highest BCUT2D eigenvalue weighted by molar-refractivity contribution is 5.92. The molecule has 5 nitrogen and oxygen atoms in total. The van der Waals surface area contributed by atoms with Crippen molar-refractivity contribution >= 4 is 5.91 Å². The summed E-state index contributed by atoms with van der Waals surface area (Å²) in [7, 11) is 0. The fourth-order valence-electron chi connectivity index (χ4n) is 3.39. The van der Waals surface area contributed by atoms with Crippen LogP contribution in [0.3, 0.4) is 0 Å². The Balaban J connectivity index is 1.99. The number of rotatable bonds is 1. The van der Waals surface area contributed by atoms with Gasteiger partial charge in [-0.15, -0.1) is 0 Å². The van der Waals surface area contributed by atoms with Crippen LogP contribution in [0, 0.1) is 5.41 Å². The minimum absolute atomic E-state index is 0.0780. The summed E-state index contributed by atoms with van der Waals surface area (Å²) in [6.07, 6.45) is 2.13. The van der Waals surface area contributed by atoms with Gasteiger partial charge in [-0.1, -0.05) is 26.8 Å². The zero-order chi connectivity index (χ0) is 16.6. The molecule has 2 heterocycles. The van der Waals surface area contributed by atoms with Crippen molar-refractivity contribution in [2.75, 3.05) is 19.8 Å². The van der Waals surface area contributed by atoms with Crippen molar-refractivity contribution in [2.24, 2.45) is 5.41 Å². The molecule has 5 heteroatoms. The zero-order valence-electron chi connectivity index (χ0n) is 13.8. The summed E-state index contributed by atoms with van der Waals surface area (Å²) in [5, 5.41) is 9.73. The van der Waals surface area contributed by atoms with E-state index in [1.165, 1.54) is 6.26 Å². The first-order valence-corrected chi connectivity index (χ1v) is 7.95. The van der Waals surface area contributed by atoms with Crippen LogP contribution in [0.4, 0.5) is 0 Å². The van der Waals surface area contributed by atoms with E-state index < -0.39 is 0 Å². The van der Waals surface area contributed by atoms with Crippen molar-refractivity contribution in [1.29, 1.82) is 0 Å². The molecule has 1 aromatic carbocycles. The molecule has 2 aliphatic rings. The van der Waals surface area contributed by atoms with Crippen LogP contribution >= 0.6 is 0 Å². The summed E-state index contributed by atoms with van der Waals surface area (Å²) >= 11 is 0. The van der Waals surface area contributed by atoms with Crippen LogP contribution < -0.4 is 0 Å². The van der Waals surface area contributed by atoms with E-state index in [2.05, 4.69) is 20.8 Å². The second kappa shape index (κ2) is 5.80. The molecule has 1 atom stereocenters. The third kappa shape index (κ3) is 3.00. The Labute approximate surface area is 136 Å². The van der Waals surface area contributed by atoms with Gasteiger partial charge in [-0.25, -0.2) is 0 Å². The number of hydrogen-bond donors (Lipinski definition) is 1. The first kappa shape index (κ1) is 15.7. The third-order valence-corrected chi connectivity index (χ3v) is 4.30. The van der Waals surface area contributed by atoms with Gasteiger partial charge in [0.05, 0.1) is 6.04 Å². The van der Waals surface area contributed by atoms with Gasteiger partial charge < -0.3 is 19.5 Å². The summed E-state index contributed by atoms with van der Waals surface area (Å²) in [6.45, 7) is 7.82. The van der Waals surface area contributed by atoms with E-state index in [4.69, 9.17) is 9.47 Å². The van der Waals surface area contributed by atoms with Crippen molar-refractivity contribution in [3.8, 4) is 5.75 Å². The Morgan fingerprint density at radius 2 is 2.09 bits per heavy atom.